The molecular weight excluding hydrogens is 775 g/mol. The number of unbranched alkanes of at least 4 members (excludes halogenated alkanes) is 18. The summed E-state index contributed by atoms with van der Waals surface area (Å²) in [5.41, 5.74) is 0. The van der Waals surface area contributed by atoms with Gasteiger partial charge in [-0.05, 0) is 64.2 Å². The van der Waals surface area contributed by atoms with Gasteiger partial charge in [-0.1, -0.05) is 189 Å². The maximum Gasteiger partial charge on any atom is 0.306 e. The Balaban J connectivity index is 4.36. The number of rotatable bonds is 44. The van der Waals surface area contributed by atoms with Crippen LogP contribution >= 0.6 is 0 Å². The van der Waals surface area contributed by atoms with E-state index in [-0.39, 0.29) is 49.1 Å². The molecule has 62 heavy (non-hydrogen) atoms. The van der Waals surface area contributed by atoms with Crippen molar-refractivity contribution in [2.75, 3.05) is 41.0 Å². The first kappa shape index (κ1) is 58.8. The Labute approximate surface area is 381 Å². The van der Waals surface area contributed by atoms with E-state index in [4.69, 9.17) is 14.2 Å². The molecule has 0 saturated carbocycles. The van der Waals surface area contributed by atoms with E-state index in [1.54, 1.807) is 21.1 Å². The van der Waals surface area contributed by atoms with E-state index in [9.17, 15) is 19.5 Å². The summed E-state index contributed by atoms with van der Waals surface area (Å²) in [6, 6.07) is -0.737. The van der Waals surface area contributed by atoms with Gasteiger partial charge < -0.3 is 28.6 Å². The Bertz CT molecular complexity index is 1240. The van der Waals surface area contributed by atoms with E-state index in [0.717, 1.165) is 70.6 Å². The Morgan fingerprint density at radius 3 is 1.34 bits per heavy atom. The van der Waals surface area contributed by atoms with Crippen LogP contribution in [0.15, 0.2) is 72.9 Å². The van der Waals surface area contributed by atoms with Crippen molar-refractivity contribution in [1.82, 2.24) is 0 Å². The van der Waals surface area contributed by atoms with Crippen molar-refractivity contribution in [2.24, 2.45) is 0 Å². The number of allylic oxidation sites excluding steroid dienone is 12. The normalized spacial score (nSPS) is 13.5. The third-order valence-electron chi connectivity index (χ3n) is 10.9. The number of aliphatic carboxylic acids is 1. The summed E-state index contributed by atoms with van der Waals surface area (Å²) in [5.74, 6) is -1.79. The van der Waals surface area contributed by atoms with Gasteiger partial charge in [0.2, 0.25) is 0 Å². The van der Waals surface area contributed by atoms with Crippen molar-refractivity contribution in [1.29, 1.82) is 0 Å². The second-order valence-corrected chi connectivity index (χ2v) is 17.7. The molecule has 2 atom stereocenters. The maximum absolute atomic E-state index is 12.8. The Morgan fingerprint density at radius 1 is 0.500 bits per heavy atom. The van der Waals surface area contributed by atoms with Crippen LogP contribution in [0.25, 0.3) is 0 Å². The average Bonchev–Trinajstić information content (AvgIpc) is 3.23. The third kappa shape index (κ3) is 42.1. The van der Waals surface area contributed by atoms with Crippen LogP contribution in [0.1, 0.15) is 200 Å². The predicted octanol–water partition coefficient (Wildman–Crippen LogP) is 13.0. The Hall–Kier alpha value is -3.23. The highest BCUT2D eigenvalue weighted by molar-refractivity contribution is 5.70. The van der Waals surface area contributed by atoms with E-state index in [2.05, 4.69) is 86.8 Å². The first-order chi connectivity index (χ1) is 30.1. The molecule has 0 aliphatic carbocycles. The van der Waals surface area contributed by atoms with E-state index >= 15 is 0 Å². The monoisotopic (exact) mass is 868 g/mol. The highest BCUT2D eigenvalue weighted by atomic mass is 16.6. The van der Waals surface area contributed by atoms with E-state index in [0.29, 0.717) is 12.8 Å². The second-order valence-electron chi connectivity index (χ2n) is 17.7. The maximum atomic E-state index is 12.8. The van der Waals surface area contributed by atoms with Crippen molar-refractivity contribution >= 4 is 17.9 Å². The quantitative estimate of drug-likeness (QED) is 0.0260. The number of esters is 2. The molecule has 0 aromatic heterocycles. The molecule has 0 saturated heterocycles. The van der Waals surface area contributed by atoms with Crippen molar-refractivity contribution in [2.45, 2.75) is 212 Å². The second kappa shape index (κ2) is 44.4. The standard InChI is InChI=1S/C54H93NO7/c1-6-8-10-12-14-16-18-20-22-24-25-26-27-29-31-33-35-37-39-41-43-45-53(57)62-50(48-60-47-46-51(54(58)59)55(3,4)5)49-61-52(56)44-42-40-38-36-34-32-30-28-23-21-19-17-15-13-11-9-7-2/h8,10,14,16,20,22,25-26,29,31,35,37,50-51H,6-7,9,11-13,15,17-19,21,23-24,27-28,30,32-34,36,38-49H2,1-5H3/b10-8+,16-14+,22-20+,26-25+,31-29+,37-35+. The van der Waals surface area contributed by atoms with Crippen molar-refractivity contribution < 1.29 is 38.2 Å². The van der Waals surface area contributed by atoms with Gasteiger partial charge in [-0.2, -0.15) is 0 Å². The van der Waals surface area contributed by atoms with Crippen LogP contribution in [-0.2, 0) is 28.6 Å². The molecular formula is C54H93NO7. The number of carboxylic acid groups (broad SMARTS) is 1. The Morgan fingerprint density at radius 2 is 0.903 bits per heavy atom. The number of hydrogen-bond donors (Lipinski definition) is 0. The largest absolute Gasteiger partial charge is 0.544 e. The summed E-state index contributed by atoms with van der Waals surface area (Å²) in [6.45, 7) is 4.51. The first-order valence-electron chi connectivity index (χ1n) is 25.0. The van der Waals surface area contributed by atoms with Gasteiger partial charge in [-0.15, -0.1) is 0 Å². The van der Waals surface area contributed by atoms with Gasteiger partial charge in [0.25, 0.3) is 0 Å². The van der Waals surface area contributed by atoms with Crippen LogP contribution in [0.3, 0.4) is 0 Å². The van der Waals surface area contributed by atoms with E-state index in [1.807, 2.05) is 0 Å². The summed E-state index contributed by atoms with van der Waals surface area (Å²) in [7, 11) is 5.39. The summed E-state index contributed by atoms with van der Waals surface area (Å²) < 4.78 is 17.2. The van der Waals surface area contributed by atoms with Gasteiger partial charge in [-0.3, -0.25) is 9.59 Å². The molecule has 0 aromatic rings. The molecule has 8 heteroatoms. The molecule has 0 heterocycles. The molecule has 0 fully saturated rings. The molecule has 0 spiro atoms. The lowest BCUT2D eigenvalue weighted by Crippen LogP contribution is -2.55. The third-order valence-corrected chi connectivity index (χ3v) is 10.9. The smallest absolute Gasteiger partial charge is 0.306 e. The lowest BCUT2D eigenvalue weighted by Gasteiger charge is -2.34. The van der Waals surface area contributed by atoms with Crippen LogP contribution < -0.4 is 5.11 Å². The number of likely N-dealkylation sites (N-methyl/N-ethyl adjacent to an activating group) is 1. The van der Waals surface area contributed by atoms with Crippen LogP contribution in [0, 0.1) is 0 Å². The van der Waals surface area contributed by atoms with Crippen molar-refractivity contribution in [3.05, 3.63) is 72.9 Å². The molecule has 8 nitrogen and oxygen atoms in total. The summed E-state index contributed by atoms with van der Waals surface area (Å²) in [4.78, 5) is 37.0. The number of carbonyl (C=O) groups is 3. The van der Waals surface area contributed by atoms with E-state index < -0.39 is 18.1 Å². The lowest BCUT2D eigenvalue weighted by molar-refractivity contribution is -0.889. The molecule has 0 aromatic carbocycles. The fraction of sp³-hybridized carbons (Fsp3) is 0.722. The molecule has 0 aliphatic rings. The van der Waals surface area contributed by atoms with Gasteiger partial charge in [0.15, 0.2) is 6.10 Å². The molecule has 0 rings (SSSR count). The van der Waals surface area contributed by atoms with Gasteiger partial charge in [0.05, 0.1) is 40.3 Å². The number of ether oxygens (including phenoxy) is 3. The highest BCUT2D eigenvalue weighted by Gasteiger charge is 2.25. The fourth-order valence-corrected chi connectivity index (χ4v) is 7.02. The minimum Gasteiger partial charge on any atom is -0.544 e. The molecule has 0 amide bonds. The number of carbonyl (C=O) groups excluding carboxylic acids is 3. The topological polar surface area (TPSA) is 102 Å². The van der Waals surface area contributed by atoms with Gasteiger partial charge in [0, 0.05) is 19.3 Å². The minimum atomic E-state index is -1.13. The number of carboxylic acids is 1. The molecule has 0 bridgehead atoms. The van der Waals surface area contributed by atoms with Crippen molar-refractivity contribution in [3.8, 4) is 0 Å². The lowest BCUT2D eigenvalue weighted by atomic mass is 10.0. The highest BCUT2D eigenvalue weighted by Crippen LogP contribution is 2.15. The zero-order valence-corrected chi connectivity index (χ0v) is 40.5. The van der Waals surface area contributed by atoms with Gasteiger partial charge in [-0.25, -0.2) is 0 Å². The zero-order valence-electron chi connectivity index (χ0n) is 40.5. The van der Waals surface area contributed by atoms with Crippen LogP contribution in [-0.4, -0.2) is 75.5 Å². The van der Waals surface area contributed by atoms with Crippen LogP contribution in [0.5, 0.6) is 0 Å². The fourth-order valence-electron chi connectivity index (χ4n) is 7.02. The van der Waals surface area contributed by atoms with E-state index in [1.165, 1.54) is 89.9 Å². The van der Waals surface area contributed by atoms with Crippen LogP contribution in [0.4, 0.5) is 0 Å². The minimum absolute atomic E-state index is 0.0214. The SMILES string of the molecule is CC/C=C/C/C=C/C/C=C/C/C=C/C/C=C/C/C=C/CCCCC(=O)OC(COCCC(C(=O)[O-])[N+](C)(C)C)COC(=O)CCCCCCCCCCCCCCCCCCC. The average molecular weight is 868 g/mol. The molecule has 356 valence electrons. The summed E-state index contributed by atoms with van der Waals surface area (Å²) in [5, 5.41) is 11.7. The number of quaternary nitrogens is 1. The molecule has 2 unspecified atom stereocenters. The molecule has 0 radical (unpaired) electrons. The summed E-state index contributed by atoms with van der Waals surface area (Å²) in [6.07, 6.45) is 56.5. The molecule has 0 aliphatic heterocycles. The predicted molar refractivity (Wildman–Crippen MR) is 259 cm³/mol. The first-order valence-corrected chi connectivity index (χ1v) is 25.0. The van der Waals surface area contributed by atoms with Gasteiger partial charge in [0.1, 0.15) is 12.6 Å². The number of nitrogens with zero attached hydrogens (tertiary/aromatic N) is 1. The summed E-state index contributed by atoms with van der Waals surface area (Å²) >= 11 is 0. The van der Waals surface area contributed by atoms with Gasteiger partial charge >= 0.3 is 11.9 Å². The number of hydrogen-bond acceptors (Lipinski definition) is 7. The molecule has 0 N–H and O–H groups in total. The zero-order chi connectivity index (χ0) is 45.6. The van der Waals surface area contributed by atoms with Crippen molar-refractivity contribution in [3.63, 3.8) is 0 Å². The Kier molecular flexibility index (Phi) is 42.1. The van der Waals surface area contributed by atoms with Crippen LogP contribution in [0.2, 0.25) is 0 Å².